The number of anilines is 1. The van der Waals surface area contributed by atoms with Crippen molar-refractivity contribution in [1.82, 2.24) is 5.32 Å². The van der Waals surface area contributed by atoms with Crippen molar-refractivity contribution >= 4 is 11.6 Å². The molecule has 1 amide bonds. The highest BCUT2D eigenvalue weighted by Gasteiger charge is 2.03. The Kier molecular flexibility index (Phi) is 6.98. The molecular weight excluding hydrogens is 288 g/mol. The summed E-state index contributed by atoms with van der Waals surface area (Å²) in [5.74, 6) is 0.917. The molecule has 23 heavy (non-hydrogen) atoms. The summed E-state index contributed by atoms with van der Waals surface area (Å²) < 4.78 is 5.57. The van der Waals surface area contributed by atoms with E-state index in [-0.39, 0.29) is 5.91 Å². The maximum atomic E-state index is 11.8. The summed E-state index contributed by atoms with van der Waals surface area (Å²) in [4.78, 5) is 13.9. The number of likely N-dealkylation sites (N-methyl/N-ethyl adjacent to an activating group) is 1. The standard InChI is InChI=1S/C19H24N2O2/c1-21(17-9-4-2-5-10-17)15-14-20-19(22)13-8-16-23-18-11-6-3-7-12-18/h2-7,9-12H,8,13-16H2,1H3,(H,20,22). The number of carbonyl (C=O) groups excluding carboxylic acids is 1. The largest absolute Gasteiger partial charge is 0.494 e. The van der Waals surface area contributed by atoms with Crippen LogP contribution in [0.1, 0.15) is 12.8 Å². The van der Waals surface area contributed by atoms with E-state index in [2.05, 4.69) is 22.3 Å². The highest BCUT2D eigenvalue weighted by molar-refractivity contribution is 5.75. The molecule has 0 aromatic heterocycles. The van der Waals surface area contributed by atoms with Crippen LogP contribution in [0.5, 0.6) is 5.75 Å². The van der Waals surface area contributed by atoms with Crippen LogP contribution in [0.25, 0.3) is 0 Å². The lowest BCUT2D eigenvalue weighted by atomic mass is 10.3. The molecule has 0 radical (unpaired) electrons. The lowest BCUT2D eigenvalue weighted by Crippen LogP contribution is -2.33. The third kappa shape index (κ3) is 6.43. The molecular formula is C19H24N2O2. The van der Waals surface area contributed by atoms with Crippen molar-refractivity contribution in [3.05, 3.63) is 60.7 Å². The zero-order valence-electron chi connectivity index (χ0n) is 13.6. The SMILES string of the molecule is CN(CCNC(=O)CCCOc1ccccc1)c1ccccc1. The van der Waals surface area contributed by atoms with Gasteiger partial charge in [0.25, 0.3) is 0 Å². The number of amides is 1. The Morgan fingerprint density at radius 2 is 1.70 bits per heavy atom. The van der Waals surface area contributed by atoms with Crippen molar-refractivity contribution in [1.29, 1.82) is 0 Å². The first-order valence-electron chi connectivity index (χ1n) is 7.96. The average Bonchev–Trinajstić information content (AvgIpc) is 2.60. The van der Waals surface area contributed by atoms with E-state index in [9.17, 15) is 4.79 Å². The molecule has 2 aromatic carbocycles. The van der Waals surface area contributed by atoms with Crippen LogP contribution in [-0.2, 0) is 4.79 Å². The quantitative estimate of drug-likeness (QED) is 0.723. The van der Waals surface area contributed by atoms with Crippen molar-refractivity contribution in [2.75, 3.05) is 31.6 Å². The Morgan fingerprint density at radius 3 is 2.39 bits per heavy atom. The molecule has 0 aliphatic heterocycles. The monoisotopic (exact) mass is 312 g/mol. The smallest absolute Gasteiger partial charge is 0.220 e. The summed E-state index contributed by atoms with van der Waals surface area (Å²) in [6.45, 7) is 1.99. The summed E-state index contributed by atoms with van der Waals surface area (Å²) in [6, 6.07) is 19.8. The fourth-order valence-corrected chi connectivity index (χ4v) is 2.20. The molecule has 0 bridgehead atoms. The van der Waals surface area contributed by atoms with Crippen LogP contribution in [0.3, 0.4) is 0 Å². The van der Waals surface area contributed by atoms with Gasteiger partial charge in [0.2, 0.25) is 5.91 Å². The molecule has 122 valence electrons. The molecule has 0 saturated heterocycles. The number of ether oxygens (including phenoxy) is 1. The summed E-state index contributed by atoms with van der Waals surface area (Å²) >= 11 is 0. The van der Waals surface area contributed by atoms with Crippen LogP contribution >= 0.6 is 0 Å². The van der Waals surface area contributed by atoms with Gasteiger partial charge in [-0.05, 0) is 30.7 Å². The molecule has 0 fully saturated rings. The zero-order chi connectivity index (χ0) is 16.3. The van der Waals surface area contributed by atoms with Gasteiger partial charge in [-0.1, -0.05) is 36.4 Å². The molecule has 1 N–H and O–H groups in total. The first-order chi connectivity index (χ1) is 11.3. The molecule has 0 heterocycles. The second kappa shape index (κ2) is 9.51. The third-order valence-electron chi connectivity index (χ3n) is 3.53. The molecule has 0 unspecified atom stereocenters. The maximum absolute atomic E-state index is 11.8. The molecule has 0 atom stereocenters. The topological polar surface area (TPSA) is 41.6 Å². The van der Waals surface area contributed by atoms with E-state index in [1.807, 2.05) is 55.6 Å². The van der Waals surface area contributed by atoms with Crippen LogP contribution in [0.4, 0.5) is 5.69 Å². The van der Waals surface area contributed by atoms with Crippen molar-refractivity contribution in [2.45, 2.75) is 12.8 Å². The number of carbonyl (C=O) groups is 1. The van der Waals surface area contributed by atoms with E-state index in [4.69, 9.17) is 4.74 Å². The predicted molar refractivity (Wildman–Crippen MR) is 93.9 cm³/mol. The van der Waals surface area contributed by atoms with Gasteiger partial charge in [-0.3, -0.25) is 4.79 Å². The van der Waals surface area contributed by atoms with Crippen LogP contribution in [0, 0.1) is 0 Å². The van der Waals surface area contributed by atoms with Gasteiger partial charge in [0.05, 0.1) is 6.61 Å². The van der Waals surface area contributed by atoms with Gasteiger partial charge in [0, 0.05) is 32.2 Å². The van der Waals surface area contributed by atoms with Crippen molar-refractivity contribution < 1.29 is 9.53 Å². The molecule has 0 spiro atoms. The number of nitrogens with one attached hydrogen (secondary N) is 1. The second-order valence-electron chi connectivity index (χ2n) is 5.37. The molecule has 0 aliphatic carbocycles. The van der Waals surface area contributed by atoms with Crippen molar-refractivity contribution in [2.24, 2.45) is 0 Å². The first kappa shape index (κ1) is 16.9. The van der Waals surface area contributed by atoms with E-state index < -0.39 is 0 Å². The maximum Gasteiger partial charge on any atom is 0.220 e. The van der Waals surface area contributed by atoms with E-state index >= 15 is 0 Å². The molecule has 2 aromatic rings. The van der Waals surface area contributed by atoms with Gasteiger partial charge in [-0.2, -0.15) is 0 Å². The van der Waals surface area contributed by atoms with Crippen LogP contribution < -0.4 is 15.0 Å². The normalized spacial score (nSPS) is 10.1. The second-order valence-corrected chi connectivity index (χ2v) is 5.37. The summed E-state index contributed by atoms with van der Waals surface area (Å²) in [5, 5.41) is 2.95. The number of hydrogen-bond donors (Lipinski definition) is 1. The van der Waals surface area contributed by atoms with Crippen LogP contribution in [-0.4, -0.2) is 32.7 Å². The summed E-state index contributed by atoms with van der Waals surface area (Å²) in [6.07, 6.45) is 1.21. The third-order valence-corrected chi connectivity index (χ3v) is 3.53. The van der Waals surface area contributed by atoms with Gasteiger partial charge in [0.15, 0.2) is 0 Å². The Morgan fingerprint density at radius 1 is 1.04 bits per heavy atom. The van der Waals surface area contributed by atoms with Gasteiger partial charge < -0.3 is 15.0 Å². The van der Waals surface area contributed by atoms with Gasteiger partial charge in [0.1, 0.15) is 5.75 Å². The summed E-state index contributed by atoms with van der Waals surface area (Å²) in [7, 11) is 2.02. The van der Waals surface area contributed by atoms with Gasteiger partial charge in [-0.15, -0.1) is 0 Å². The fraction of sp³-hybridized carbons (Fsp3) is 0.316. The minimum absolute atomic E-state index is 0.0723. The fourth-order valence-electron chi connectivity index (χ4n) is 2.20. The number of nitrogens with zero attached hydrogens (tertiary/aromatic N) is 1. The highest BCUT2D eigenvalue weighted by Crippen LogP contribution is 2.10. The van der Waals surface area contributed by atoms with E-state index in [1.54, 1.807) is 0 Å². The van der Waals surface area contributed by atoms with E-state index in [1.165, 1.54) is 0 Å². The van der Waals surface area contributed by atoms with Crippen LogP contribution in [0.15, 0.2) is 60.7 Å². The predicted octanol–water partition coefficient (Wildman–Crippen LogP) is 3.10. The molecule has 2 rings (SSSR count). The molecule has 0 aliphatic rings. The minimum Gasteiger partial charge on any atom is -0.494 e. The number of para-hydroxylation sites is 2. The molecule has 0 saturated carbocycles. The molecule has 4 nitrogen and oxygen atoms in total. The average molecular weight is 312 g/mol. The Labute approximate surface area is 138 Å². The van der Waals surface area contributed by atoms with E-state index in [0.717, 1.165) is 24.4 Å². The molecule has 4 heteroatoms. The van der Waals surface area contributed by atoms with Gasteiger partial charge >= 0.3 is 0 Å². The van der Waals surface area contributed by atoms with Crippen molar-refractivity contribution in [3.8, 4) is 5.75 Å². The highest BCUT2D eigenvalue weighted by atomic mass is 16.5. The zero-order valence-corrected chi connectivity index (χ0v) is 13.6. The number of benzene rings is 2. The lowest BCUT2D eigenvalue weighted by molar-refractivity contribution is -0.121. The van der Waals surface area contributed by atoms with E-state index in [0.29, 0.717) is 19.6 Å². The van der Waals surface area contributed by atoms with Gasteiger partial charge in [-0.25, -0.2) is 0 Å². The van der Waals surface area contributed by atoms with Crippen molar-refractivity contribution in [3.63, 3.8) is 0 Å². The Bertz CT molecular complexity index is 572. The first-order valence-corrected chi connectivity index (χ1v) is 7.96. The number of hydrogen-bond acceptors (Lipinski definition) is 3. The Balaban J connectivity index is 1.55. The van der Waals surface area contributed by atoms with Crippen LogP contribution in [0.2, 0.25) is 0 Å². The summed E-state index contributed by atoms with van der Waals surface area (Å²) in [5.41, 5.74) is 1.15. The Hall–Kier alpha value is -2.49. The lowest BCUT2D eigenvalue weighted by Gasteiger charge is -2.19. The number of rotatable bonds is 9. The minimum atomic E-state index is 0.0723.